The molecule has 0 fully saturated rings. The highest BCUT2D eigenvalue weighted by Crippen LogP contribution is 2.26. The first-order chi connectivity index (χ1) is 12.5. The van der Waals surface area contributed by atoms with Crippen molar-refractivity contribution in [3.8, 4) is 0 Å². The Bertz CT molecular complexity index is 958. The lowest BCUT2D eigenvalue weighted by molar-refractivity contribution is 0.102. The van der Waals surface area contributed by atoms with E-state index in [9.17, 15) is 13.6 Å². The Labute approximate surface area is 153 Å². The minimum Gasteiger partial charge on any atom is -0.354 e. The maximum atomic E-state index is 13.7. The summed E-state index contributed by atoms with van der Waals surface area (Å²) in [6, 6.07) is 10.3. The van der Waals surface area contributed by atoms with Gasteiger partial charge in [-0.15, -0.1) is 0 Å². The molecule has 7 heteroatoms. The van der Waals surface area contributed by atoms with Gasteiger partial charge in [-0.1, -0.05) is 23.7 Å². The lowest BCUT2D eigenvalue weighted by atomic mass is 10.2. The monoisotopic (exact) mass is 373 g/mol. The van der Waals surface area contributed by atoms with Crippen molar-refractivity contribution in [2.45, 2.75) is 6.92 Å². The molecule has 0 saturated carbocycles. The van der Waals surface area contributed by atoms with Crippen molar-refractivity contribution in [3.63, 3.8) is 0 Å². The van der Waals surface area contributed by atoms with Crippen LogP contribution in [0, 0.1) is 18.6 Å². The molecule has 0 saturated heterocycles. The summed E-state index contributed by atoms with van der Waals surface area (Å²) in [6.07, 6.45) is 2.84. The number of para-hydroxylation sites is 1. The Hall–Kier alpha value is -2.99. The number of aromatic nitrogens is 1. The fourth-order valence-electron chi connectivity index (χ4n) is 2.33. The zero-order chi connectivity index (χ0) is 18.7. The van der Waals surface area contributed by atoms with Gasteiger partial charge in [0.15, 0.2) is 0 Å². The molecule has 1 heterocycles. The van der Waals surface area contributed by atoms with E-state index in [1.807, 2.05) is 13.0 Å². The molecule has 0 unspecified atom stereocenters. The Morgan fingerprint density at radius 1 is 1.08 bits per heavy atom. The topological polar surface area (TPSA) is 54.0 Å². The van der Waals surface area contributed by atoms with E-state index in [4.69, 9.17) is 11.6 Å². The van der Waals surface area contributed by atoms with Gasteiger partial charge in [0.2, 0.25) is 0 Å². The molecule has 3 aromatic rings. The molecule has 0 aliphatic carbocycles. The predicted molar refractivity (Wildman–Crippen MR) is 98.0 cm³/mol. The van der Waals surface area contributed by atoms with Gasteiger partial charge in [-0.2, -0.15) is 0 Å². The minimum absolute atomic E-state index is 0.150. The zero-order valence-corrected chi connectivity index (χ0v) is 14.4. The molecule has 2 N–H and O–H groups in total. The highest BCUT2D eigenvalue weighted by atomic mass is 35.5. The van der Waals surface area contributed by atoms with Crippen LogP contribution in [-0.2, 0) is 0 Å². The van der Waals surface area contributed by atoms with E-state index >= 15 is 0 Å². The number of rotatable bonds is 4. The van der Waals surface area contributed by atoms with Gasteiger partial charge in [-0.05, 0) is 42.8 Å². The number of amides is 1. The fourth-order valence-corrected chi connectivity index (χ4v) is 2.51. The van der Waals surface area contributed by atoms with Gasteiger partial charge < -0.3 is 10.6 Å². The molecule has 0 aliphatic heterocycles. The standard InChI is InChI=1S/C19H14ClF2N3O/c1-11-14(20)4-2-7-17(11)24-13-8-12(9-23-10-13)19(26)25-18-15(21)5-3-6-16(18)22/h2-10,24H,1H3,(H,25,26). The maximum absolute atomic E-state index is 13.7. The quantitative estimate of drug-likeness (QED) is 0.651. The largest absolute Gasteiger partial charge is 0.354 e. The summed E-state index contributed by atoms with van der Waals surface area (Å²) in [7, 11) is 0. The van der Waals surface area contributed by atoms with Gasteiger partial charge in [0, 0.05) is 16.9 Å². The number of hydrogen-bond donors (Lipinski definition) is 2. The van der Waals surface area contributed by atoms with Crippen LogP contribution in [0.4, 0.5) is 25.8 Å². The number of nitrogens with zero attached hydrogens (tertiary/aromatic N) is 1. The molecule has 1 aromatic heterocycles. The van der Waals surface area contributed by atoms with E-state index in [1.165, 1.54) is 24.5 Å². The molecule has 0 bridgehead atoms. The summed E-state index contributed by atoms with van der Waals surface area (Å²) >= 11 is 6.09. The highest BCUT2D eigenvalue weighted by molar-refractivity contribution is 6.31. The van der Waals surface area contributed by atoms with Crippen molar-refractivity contribution in [2.24, 2.45) is 0 Å². The number of pyridine rings is 1. The van der Waals surface area contributed by atoms with Crippen molar-refractivity contribution in [3.05, 3.63) is 82.6 Å². The third kappa shape index (κ3) is 3.81. The molecule has 0 spiro atoms. The van der Waals surface area contributed by atoms with Gasteiger partial charge in [0.1, 0.15) is 17.3 Å². The molecular weight excluding hydrogens is 360 g/mol. The Morgan fingerprint density at radius 2 is 1.77 bits per heavy atom. The molecule has 26 heavy (non-hydrogen) atoms. The van der Waals surface area contributed by atoms with Crippen LogP contribution >= 0.6 is 11.6 Å². The van der Waals surface area contributed by atoms with Crippen molar-refractivity contribution in [2.75, 3.05) is 10.6 Å². The van der Waals surface area contributed by atoms with E-state index in [1.54, 1.807) is 12.1 Å². The van der Waals surface area contributed by atoms with Crippen molar-refractivity contribution >= 4 is 34.6 Å². The van der Waals surface area contributed by atoms with E-state index < -0.39 is 23.2 Å². The molecule has 3 rings (SSSR count). The van der Waals surface area contributed by atoms with Gasteiger partial charge >= 0.3 is 0 Å². The van der Waals surface area contributed by atoms with E-state index in [0.29, 0.717) is 10.7 Å². The summed E-state index contributed by atoms with van der Waals surface area (Å²) in [5.41, 5.74) is 1.80. The summed E-state index contributed by atoms with van der Waals surface area (Å²) < 4.78 is 27.4. The van der Waals surface area contributed by atoms with Crippen LogP contribution < -0.4 is 10.6 Å². The van der Waals surface area contributed by atoms with E-state index in [2.05, 4.69) is 15.6 Å². The van der Waals surface area contributed by atoms with E-state index in [-0.39, 0.29) is 5.56 Å². The van der Waals surface area contributed by atoms with Crippen molar-refractivity contribution < 1.29 is 13.6 Å². The predicted octanol–water partition coefficient (Wildman–Crippen LogP) is 5.32. The average molecular weight is 374 g/mol. The maximum Gasteiger partial charge on any atom is 0.257 e. The normalized spacial score (nSPS) is 10.5. The van der Waals surface area contributed by atoms with Crippen LogP contribution in [0.3, 0.4) is 0 Å². The van der Waals surface area contributed by atoms with Crippen LogP contribution in [0.1, 0.15) is 15.9 Å². The van der Waals surface area contributed by atoms with Gasteiger partial charge in [0.25, 0.3) is 5.91 Å². The van der Waals surface area contributed by atoms with Gasteiger partial charge in [-0.3, -0.25) is 9.78 Å². The Kier molecular flexibility index (Phi) is 5.14. The second-order valence-electron chi connectivity index (χ2n) is 5.55. The number of carbonyl (C=O) groups excluding carboxylic acids is 1. The number of benzene rings is 2. The molecule has 1 amide bonds. The van der Waals surface area contributed by atoms with Crippen LogP contribution in [0.2, 0.25) is 5.02 Å². The fraction of sp³-hybridized carbons (Fsp3) is 0.0526. The second kappa shape index (κ2) is 7.49. The van der Waals surface area contributed by atoms with Gasteiger partial charge in [-0.25, -0.2) is 8.78 Å². The Balaban J connectivity index is 1.83. The average Bonchev–Trinajstić information content (AvgIpc) is 2.62. The number of anilines is 3. The Morgan fingerprint density at radius 3 is 2.50 bits per heavy atom. The molecule has 2 aromatic carbocycles. The number of hydrogen-bond acceptors (Lipinski definition) is 3. The first-order valence-corrected chi connectivity index (χ1v) is 8.06. The third-order valence-corrected chi connectivity index (χ3v) is 4.16. The van der Waals surface area contributed by atoms with Crippen LogP contribution in [0.25, 0.3) is 0 Å². The van der Waals surface area contributed by atoms with Crippen molar-refractivity contribution in [1.29, 1.82) is 0 Å². The van der Waals surface area contributed by atoms with E-state index in [0.717, 1.165) is 23.4 Å². The summed E-state index contributed by atoms with van der Waals surface area (Å²) in [5.74, 6) is -2.38. The summed E-state index contributed by atoms with van der Waals surface area (Å²) in [5, 5.41) is 5.95. The number of carbonyl (C=O) groups is 1. The number of halogens is 3. The molecule has 0 atom stereocenters. The summed E-state index contributed by atoms with van der Waals surface area (Å²) in [4.78, 5) is 16.3. The first-order valence-electron chi connectivity index (χ1n) is 7.68. The lowest BCUT2D eigenvalue weighted by Gasteiger charge is -2.12. The third-order valence-electron chi connectivity index (χ3n) is 3.75. The zero-order valence-electron chi connectivity index (χ0n) is 13.7. The number of nitrogens with one attached hydrogen (secondary N) is 2. The smallest absolute Gasteiger partial charge is 0.257 e. The van der Waals surface area contributed by atoms with Crippen LogP contribution in [0.15, 0.2) is 54.9 Å². The van der Waals surface area contributed by atoms with Gasteiger partial charge in [0.05, 0.1) is 17.4 Å². The minimum atomic E-state index is -0.852. The summed E-state index contributed by atoms with van der Waals surface area (Å²) in [6.45, 7) is 1.86. The van der Waals surface area contributed by atoms with Crippen LogP contribution in [0.5, 0.6) is 0 Å². The first kappa shape index (κ1) is 17.8. The second-order valence-corrected chi connectivity index (χ2v) is 5.96. The van der Waals surface area contributed by atoms with Crippen molar-refractivity contribution in [1.82, 2.24) is 4.98 Å². The molecular formula is C19H14ClF2N3O. The molecule has 0 aliphatic rings. The molecule has 4 nitrogen and oxygen atoms in total. The lowest BCUT2D eigenvalue weighted by Crippen LogP contribution is -2.14. The molecule has 132 valence electrons. The molecule has 0 radical (unpaired) electrons. The SMILES string of the molecule is Cc1c(Cl)cccc1Nc1cncc(C(=O)Nc2c(F)cccc2F)c1. The highest BCUT2D eigenvalue weighted by Gasteiger charge is 2.14. The van der Waals surface area contributed by atoms with Crippen LogP contribution in [-0.4, -0.2) is 10.9 Å².